The predicted octanol–water partition coefficient (Wildman–Crippen LogP) is 2.98. The van der Waals surface area contributed by atoms with E-state index in [4.69, 9.17) is 0 Å². The maximum absolute atomic E-state index is 13.4. The number of hydrogen-bond acceptors (Lipinski definition) is 2. The Morgan fingerprint density at radius 2 is 2.13 bits per heavy atom. The lowest BCUT2D eigenvalue weighted by Gasteiger charge is -2.16. The molecule has 4 heteroatoms. The lowest BCUT2D eigenvalue weighted by atomic mass is 10.0. The van der Waals surface area contributed by atoms with Gasteiger partial charge in [-0.3, -0.25) is 0 Å². The van der Waals surface area contributed by atoms with Crippen molar-refractivity contribution in [2.75, 3.05) is 19.1 Å². The van der Waals surface area contributed by atoms with Crippen LogP contribution in [0.4, 0.5) is 8.78 Å². The Labute approximate surface area is 93.3 Å². The summed E-state index contributed by atoms with van der Waals surface area (Å²) in [6.07, 6.45) is 2.78. The molecule has 0 aliphatic carbocycles. The Hall–Kier alpha value is -0.610. The SMILES string of the molecule is CNC(CCSC)c1cc(F)ccc1F. The smallest absolute Gasteiger partial charge is 0.128 e. The molecule has 1 atom stereocenters. The van der Waals surface area contributed by atoms with Gasteiger partial charge in [0.15, 0.2) is 0 Å². The molecule has 0 aromatic heterocycles. The molecule has 0 amide bonds. The second-order valence-corrected chi connectivity index (χ2v) is 4.27. The maximum Gasteiger partial charge on any atom is 0.128 e. The van der Waals surface area contributed by atoms with Crippen molar-refractivity contribution >= 4 is 11.8 Å². The minimum absolute atomic E-state index is 0.117. The molecule has 1 nitrogen and oxygen atoms in total. The third kappa shape index (κ3) is 3.47. The summed E-state index contributed by atoms with van der Waals surface area (Å²) in [5, 5.41) is 3.00. The maximum atomic E-state index is 13.4. The van der Waals surface area contributed by atoms with Gasteiger partial charge in [0, 0.05) is 11.6 Å². The highest BCUT2D eigenvalue weighted by Crippen LogP contribution is 2.22. The average molecular weight is 231 g/mol. The van der Waals surface area contributed by atoms with Crippen molar-refractivity contribution in [2.45, 2.75) is 12.5 Å². The average Bonchev–Trinajstić information content (AvgIpc) is 2.24. The zero-order chi connectivity index (χ0) is 11.3. The lowest BCUT2D eigenvalue weighted by molar-refractivity contribution is 0.517. The van der Waals surface area contributed by atoms with E-state index < -0.39 is 5.82 Å². The first-order chi connectivity index (χ1) is 7.19. The number of nitrogens with one attached hydrogen (secondary N) is 1. The summed E-state index contributed by atoms with van der Waals surface area (Å²) in [7, 11) is 1.76. The molecule has 1 rings (SSSR count). The van der Waals surface area contributed by atoms with Crippen LogP contribution in [0.3, 0.4) is 0 Å². The first kappa shape index (κ1) is 12.5. The Morgan fingerprint density at radius 3 is 2.73 bits per heavy atom. The van der Waals surface area contributed by atoms with Gasteiger partial charge in [0.2, 0.25) is 0 Å². The van der Waals surface area contributed by atoms with Crippen LogP contribution in [-0.4, -0.2) is 19.1 Å². The zero-order valence-corrected chi connectivity index (χ0v) is 9.70. The van der Waals surface area contributed by atoms with Crippen molar-refractivity contribution in [3.05, 3.63) is 35.4 Å². The molecule has 0 bridgehead atoms. The minimum Gasteiger partial charge on any atom is -0.313 e. The summed E-state index contributed by atoms with van der Waals surface area (Å²) in [6.45, 7) is 0. The number of halogens is 2. The fourth-order valence-corrected chi connectivity index (χ4v) is 1.94. The molecule has 0 heterocycles. The summed E-state index contributed by atoms with van der Waals surface area (Å²) < 4.78 is 26.4. The first-order valence-corrected chi connectivity index (χ1v) is 6.19. The molecule has 15 heavy (non-hydrogen) atoms. The Bertz CT molecular complexity index is 317. The Morgan fingerprint density at radius 1 is 1.40 bits per heavy atom. The van der Waals surface area contributed by atoms with E-state index in [9.17, 15) is 8.78 Å². The molecule has 0 aliphatic rings. The highest BCUT2D eigenvalue weighted by Gasteiger charge is 2.14. The van der Waals surface area contributed by atoms with Crippen LogP contribution < -0.4 is 5.32 Å². The van der Waals surface area contributed by atoms with E-state index in [1.54, 1.807) is 18.8 Å². The highest BCUT2D eigenvalue weighted by molar-refractivity contribution is 7.98. The monoisotopic (exact) mass is 231 g/mol. The summed E-state index contributed by atoms with van der Waals surface area (Å²) >= 11 is 1.69. The van der Waals surface area contributed by atoms with Gasteiger partial charge >= 0.3 is 0 Å². The van der Waals surface area contributed by atoms with Crippen molar-refractivity contribution in [3.63, 3.8) is 0 Å². The van der Waals surface area contributed by atoms with E-state index in [0.717, 1.165) is 18.2 Å². The normalized spacial score (nSPS) is 12.8. The standard InChI is InChI=1S/C11H15F2NS/c1-14-11(5-6-15-2)9-7-8(12)3-4-10(9)13/h3-4,7,11,14H,5-6H2,1-2H3. The van der Waals surface area contributed by atoms with Crippen molar-refractivity contribution in [3.8, 4) is 0 Å². The van der Waals surface area contributed by atoms with Crippen LogP contribution in [0.2, 0.25) is 0 Å². The molecule has 0 saturated carbocycles. The minimum atomic E-state index is -0.393. The van der Waals surface area contributed by atoms with Crippen LogP contribution >= 0.6 is 11.8 Å². The number of hydrogen-bond donors (Lipinski definition) is 1. The number of benzene rings is 1. The summed E-state index contributed by atoms with van der Waals surface area (Å²) in [5.74, 6) is 0.175. The van der Waals surface area contributed by atoms with Crippen LogP contribution in [0.15, 0.2) is 18.2 Å². The molecule has 1 unspecified atom stereocenters. The molecule has 0 saturated heterocycles. The van der Waals surface area contributed by atoms with Gasteiger partial charge < -0.3 is 5.32 Å². The predicted molar refractivity (Wildman–Crippen MR) is 61.2 cm³/mol. The van der Waals surface area contributed by atoms with Gasteiger partial charge in [0.05, 0.1) is 0 Å². The summed E-state index contributed by atoms with van der Waals surface area (Å²) in [6, 6.07) is 3.46. The number of thioether (sulfide) groups is 1. The largest absolute Gasteiger partial charge is 0.313 e. The van der Waals surface area contributed by atoms with Gasteiger partial charge in [0.25, 0.3) is 0 Å². The van der Waals surface area contributed by atoms with E-state index in [1.165, 1.54) is 12.1 Å². The molecule has 1 aromatic rings. The molecule has 0 fully saturated rings. The van der Waals surface area contributed by atoms with Gasteiger partial charge in [0.1, 0.15) is 11.6 Å². The van der Waals surface area contributed by atoms with E-state index in [1.807, 2.05) is 6.26 Å². The summed E-state index contributed by atoms with van der Waals surface area (Å²) in [4.78, 5) is 0. The van der Waals surface area contributed by atoms with Crippen molar-refractivity contribution < 1.29 is 8.78 Å². The highest BCUT2D eigenvalue weighted by atomic mass is 32.2. The third-order valence-electron chi connectivity index (χ3n) is 2.29. The lowest BCUT2D eigenvalue weighted by Crippen LogP contribution is -2.18. The molecule has 1 aromatic carbocycles. The van der Waals surface area contributed by atoms with Gasteiger partial charge in [-0.05, 0) is 43.7 Å². The second-order valence-electron chi connectivity index (χ2n) is 3.29. The Kier molecular flexibility index (Phi) is 5.05. The molecule has 0 aliphatic heterocycles. The van der Waals surface area contributed by atoms with E-state index in [0.29, 0.717) is 5.56 Å². The van der Waals surface area contributed by atoms with Crippen LogP contribution in [0.1, 0.15) is 18.0 Å². The van der Waals surface area contributed by atoms with E-state index in [2.05, 4.69) is 5.32 Å². The topological polar surface area (TPSA) is 12.0 Å². The second kappa shape index (κ2) is 6.08. The fraction of sp³-hybridized carbons (Fsp3) is 0.455. The van der Waals surface area contributed by atoms with Crippen LogP contribution in [0.25, 0.3) is 0 Å². The molecule has 0 radical (unpaired) electrons. The third-order valence-corrected chi connectivity index (χ3v) is 2.94. The van der Waals surface area contributed by atoms with E-state index in [-0.39, 0.29) is 11.9 Å². The van der Waals surface area contributed by atoms with Crippen molar-refractivity contribution in [2.24, 2.45) is 0 Å². The van der Waals surface area contributed by atoms with Crippen molar-refractivity contribution in [1.82, 2.24) is 5.32 Å². The van der Waals surface area contributed by atoms with E-state index >= 15 is 0 Å². The quantitative estimate of drug-likeness (QED) is 0.836. The van der Waals surface area contributed by atoms with Crippen LogP contribution in [0, 0.1) is 11.6 Å². The van der Waals surface area contributed by atoms with Gasteiger partial charge in [-0.2, -0.15) is 11.8 Å². The zero-order valence-electron chi connectivity index (χ0n) is 8.89. The fourth-order valence-electron chi connectivity index (χ4n) is 1.47. The van der Waals surface area contributed by atoms with Gasteiger partial charge in [-0.1, -0.05) is 0 Å². The molecular weight excluding hydrogens is 216 g/mol. The number of rotatable bonds is 5. The first-order valence-electron chi connectivity index (χ1n) is 4.80. The van der Waals surface area contributed by atoms with Crippen LogP contribution in [-0.2, 0) is 0 Å². The molecule has 84 valence electrons. The van der Waals surface area contributed by atoms with Gasteiger partial charge in [-0.15, -0.1) is 0 Å². The van der Waals surface area contributed by atoms with Gasteiger partial charge in [-0.25, -0.2) is 8.78 Å². The Balaban J connectivity index is 2.85. The molecule has 0 spiro atoms. The molecule has 1 N–H and O–H groups in total. The molecular formula is C11H15F2NS. The van der Waals surface area contributed by atoms with Crippen LogP contribution in [0.5, 0.6) is 0 Å². The summed E-state index contributed by atoms with van der Waals surface area (Å²) in [5.41, 5.74) is 0.409. The van der Waals surface area contributed by atoms with Crippen molar-refractivity contribution in [1.29, 1.82) is 0 Å².